The van der Waals surface area contributed by atoms with Crippen molar-refractivity contribution in [2.75, 3.05) is 6.61 Å². The molecular weight excluding hydrogens is 238 g/mol. The third-order valence-corrected chi connectivity index (χ3v) is 3.52. The Morgan fingerprint density at radius 3 is 3.12 bits per heavy atom. The summed E-state index contributed by atoms with van der Waals surface area (Å²) in [5.41, 5.74) is 1.24. The number of thiazole rings is 1. The molecule has 0 radical (unpaired) electrons. The fourth-order valence-corrected chi connectivity index (χ4v) is 2.73. The molecule has 0 amide bonds. The lowest BCUT2D eigenvalue weighted by Crippen LogP contribution is -2.05. The highest BCUT2D eigenvalue weighted by Gasteiger charge is 2.19. The Labute approximate surface area is 101 Å². The van der Waals surface area contributed by atoms with Crippen molar-refractivity contribution < 1.29 is 9.53 Å². The van der Waals surface area contributed by atoms with E-state index in [9.17, 15) is 4.79 Å². The third-order valence-electron chi connectivity index (χ3n) is 2.40. The Hall–Kier alpha value is -1.95. The Morgan fingerprint density at radius 1 is 1.47 bits per heavy atom. The smallest absolute Gasteiger partial charge is 0.362 e. The van der Waals surface area contributed by atoms with Crippen molar-refractivity contribution in [1.29, 1.82) is 0 Å². The number of hydrogen-bond acceptors (Lipinski definition) is 5. The van der Waals surface area contributed by atoms with Crippen LogP contribution in [0.3, 0.4) is 0 Å². The predicted molar refractivity (Wildman–Crippen MR) is 64.3 cm³/mol. The van der Waals surface area contributed by atoms with Gasteiger partial charge in [0, 0.05) is 0 Å². The lowest BCUT2D eigenvalue weighted by molar-refractivity contribution is 0.0522. The number of carbonyl (C=O) groups excluding carboxylic acids is 1. The normalized spacial score (nSPS) is 11.1. The average Bonchev–Trinajstić information content (AvgIpc) is 2.87. The second kappa shape index (κ2) is 3.81. The molecule has 86 valence electrons. The summed E-state index contributed by atoms with van der Waals surface area (Å²) in [6, 6.07) is 7.82. The molecular formula is C11H9N3O2S. The Balaban J connectivity index is 2.24. The fraction of sp³-hybridized carbons (Fsp3) is 0.182. The van der Waals surface area contributed by atoms with Gasteiger partial charge in [0.25, 0.3) is 0 Å². The zero-order valence-electron chi connectivity index (χ0n) is 9.08. The SMILES string of the molecule is CCOC(=O)c1nnn2c1sc1ccccc12. The molecule has 5 nitrogen and oxygen atoms in total. The summed E-state index contributed by atoms with van der Waals surface area (Å²) < 4.78 is 7.69. The molecule has 6 heteroatoms. The van der Waals surface area contributed by atoms with Crippen LogP contribution in [0.1, 0.15) is 17.4 Å². The van der Waals surface area contributed by atoms with Crippen LogP contribution in [0.5, 0.6) is 0 Å². The number of aromatic nitrogens is 3. The summed E-state index contributed by atoms with van der Waals surface area (Å²) in [6.45, 7) is 2.10. The summed E-state index contributed by atoms with van der Waals surface area (Å²) in [7, 11) is 0. The van der Waals surface area contributed by atoms with Crippen molar-refractivity contribution in [2.45, 2.75) is 6.92 Å². The molecule has 0 aliphatic rings. The van der Waals surface area contributed by atoms with E-state index in [-0.39, 0.29) is 5.69 Å². The van der Waals surface area contributed by atoms with Crippen molar-refractivity contribution >= 4 is 32.4 Å². The number of ether oxygens (including phenoxy) is 1. The zero-order valence-corrected chi connectivity index (χ0v) is 9.90. The van der Waals surface area contributed by atoms with E-state index in [1.165, 1.54) is 11.3 Å². The molecule has 0 bridgehead atoms. The van der Waals surface area contributed by atoms with Crippen LogP contribution in [0.4, 0.5) is 0 Å². The highest BCUT2D eigenvalue weighted by molar-refractivity contribution is 7.24. The standard InChI is InChI=1S/C11H9N3O2S/c1-2-16-11(15)9-10-14(13-12-9)7-5-3-4-6-8(7)17-10/h3-6H,2H2,1H3. The molecule has 0 aliphatic carbocycles. The van der Waals surface area contributed by atoms with Crippen LogP contribution in [0.15, 0.2) is 24.3 Å². The summed E-state index contributed by atoms with van der Waals surface area (Å²) in [5, 5.41) is 7.86. The van der Waals surface area contributed by atoms with Crippen molar-refractivity contribution in [3.05, 3.63) is 30.0 Å². The number of rotatable bonds is 2. The largest absolute Gasteiger partial charge is 0.461 e. The lowest BCUT2D eigenvalue weighted by atomic mass is 10.3. The minimum absolute atomic E-state index is 0.285. The molecule has 0 saturated heterocycles. The van der Waals surface area contributed by atoms with Gasteiger partial charge >= 0.3 is 5.97 Å². The maximum atomic E-state index is 11.7. The second-order valence-electron chi connectivity index (χ2n) is 3.45. The first kappa shape index (κ1) is 10.2. The van der Waals surface area contributed by atoms with Gasteiger partial charge in [-0.2, -0.15) is 0 Å². The fourth-order valence-electron chi connectivity index (χ4n) is 1.67. The third kappa shape index (κ3) is 1.49. The van der Waals surface area contributed by atoms with Crippen molar-refractivity contribution in [3.63, 3.8) is 0 Å². The molecule has 0 saturated carbocycles. The van der Waals surface area contributed by atoms with Crippen molar-refractivity contribution in [3.8, 4) is 0 Å². The maximum absolute atomic E-state index is 11.7. The average molecular weight is 247 g/mol. The van der Waals surface area contributed by atoms with E-state index < -0.39 is 5.97 Å². The molecule has 2 aromatic heterocycles. The topological polar surface area (TPSA) is 56.5 Å². The number of nitrogens with zero attached hydrogens (tertiary/aromatic N) is 3. The predicted octanol–water partition coefficient (Wildman–Crippen LogP) is 2.12. The van der Waals surface area contributed by atoms with Gasteiger partial charge in [0.2, 0.25) is 5.69 Å². The lowest BCUT2D eigenvalue weighted by Gasteiger charge is -1.95. The van der Waals surface area contributed by atoms with Crippen LogP contribution < -0.4 is 0 Å². The first-order valence-electron chi connectivity index (χ1n) is 5.21. The molecule has 2 heterocycles. The zero-order chi connectivity index (χ0) is 11.8. The summed E-state index contributed by atoms with van der Waals surface area (Å²) >= 11 is 1.49. The van der Waals surface area contributed by atoms with Crippen LogP contribution in [-0.2, 0) is 4.74 Å². The number of esters is 1. The van der Waals surface area contributed by atoms with E-state index in [0.29, 0.717) is 6.61 Å². The van der Waals surface area contributed by atoms with Gasteiger partial charge in [0.15, 0.2) is 4.83 Å². The summed E-state index contributed by atoms with van der Waals surface area (Å²) in [6.07, 6.45) is 0. The van der Waals surface area contributed by atoms with E-state index in [4.69, 9.17) is 4.74 Å². The first-order valence-corrected chi connectivity index (χ1v) is 6.03. The van der Waals surface area contributed by atoms with Crippen molar-refractivity contribution in [2.24, 2.45) is 0 Å². The van der Waals surface area contributed by atoms with E-state index in [0.717, 1.165) is 15.0 Å². The number of benzene rings is 1. The first-order chi connectivity index (χ1) is 8.31. The molecule has 0 unspecified atom stereocenters. The van der Waals surface area contributed by atoms with Gasteiger partial charge in [-0.1, -0.05) is 17.3 Å². The Morgan fingerprint density at radius 2 is 2.29 bits per heavy atom. The number of para-hydroxylation sites is 1. The van der Waals surface area contributed by atoms with E-state index in [2.05, 4.69) is 10.3 Å². The molecule has 0 aliphatic heterocycles. The van der Waals surface area contributed by atoms with Gasteiger partial charge in [-0.15, -0.1) is 16.4 Å². The molecule has 3 aromatic rings. The Bertz CT molecular complexity index is 701. The van der Waals surface area contributed by atoms with Gasteiger partial charge in [-0.3, -0.25) is 0 Å². The number of carbonyl (C=O) groups is 1. The van der Waals surface area contributed by atoms with Gasteiger partial charge in [-0.05, 0) is 19.1 Å². The van der Waals surface area contributed by atoms with Crippen LogP contribution in [0.25, 0.3) is 15.0 Å². The minimum atomic E-state index is -0.422. The summed E-state index contributed by atoms with van der Waals surface area (Å²) in [5.74, 6) is -0.422. The molecule has 0 spiro atoms. The van der Waals surface area contributed by atoms with Crippen LogP contribution in [0.2, 0.25) is 0 Å². The number of hydrogen-bond donors (Lipinski definition) is 0. The molecule has 0 atom stereocenters. The van der Waals surface area contributed by atoms with Crippen molar-refractivity contribution in [1.82, 2.24) is 14.8 Å². The van der Waals surface area contributed by atoms with E-state index in [1.54, 1.807) is 11.4 Å². The van der Waals surface area contributed by atoms with Gasteiger partial charge < -0.3 is 4.74 Å². The second-order valence-corrected chi connectivity index (χ2v) is 4.48. The quantitative estimate of drug-likeness (QED) is 0.651. The monoisotopic (exact) mass is 247 g/mol. The Kier molecular flexibility index (Phi) is 2.29. The minimum Gasteiger partial charge on any atom is -0.461 e. The molecule has 3 rings (SSSR count). The van der Waals surface area contributed by atoms with Crippen LogP contribution in [0, 0.1) is 0 Å². The summed E-state index contributed by atoms with van der Waals surface area (Å²) in [4.78, 5) is 12.4. The van der Waals surface area contributed by atoms with Crippen LogP contribution >= 0.6 is 11.3 Å². The van der Waals surface area contributed by atoms with Gasteiger partial charge in [0.05, 0.1) is 16.8 Å². The molecule has 0 fully saturated rings. The molecule has 1 aromatic carbocycles. The van der Waals surface area contributed by atoms with Gasteiger partial charge in [0.1, 0.15) is 0 Å². The maximum Gasteiger partial charge on any atom is 0.362 e. The highest BCUT2D eigenvalue weighted by Crippen LogP contribution is 2.27. The van der Waals surface area contributed by atoms with E-state index >= 15 is 0 Å². The molecule has 0 N–H and O–H groups in total. The molecule has 17 heavy (non-hydrogen) atoms. The van der Waals surface area contributed by atoms with Gasteiger partial charge in [-0.25, -0.2) is 9.31 Å². The number of fused-ring (bicyclic) bond motifs is 3. The highest BCUT2D eigenvalue weighted by atomic mass is 32.1. The van der Waals surface area contributed by atoms with Crippen LogP contribution in [-0.4, -0.2) is 27.4 Å². The van der Waals surface area contributed by atoms with E-state index in [1.807, 2.05) is 24.3 Å².